The van der Waals surface area contributed by atoms with Crippen LogP contribution in [0.5, 0.6) is 0 Å². The van der Waals surface area contributed by atoms with Gasteiger partial charge in [-0.3, -0.25) is 4.79 Å². The highest BCUT2D eigenvalue weighted by Gasteiger charge is 2.57. The van der Waals surface area contributed by atoms with Crippen LogP contribution < -0.4 is 5.32 Å². The van der Waals surface area contributed by atoms with E-state index in [0.29, 0.717) is 18.3 Å². The number of aliphatic hydroxyl groups is 1. The molecule has 0 saturated heterocycles. The summed E-state index contributed by atoms with van der Waals surface area (Å²) in [6, 6.07) is 12.0. The number of carbonyl (C=O) groups excluding carboxylic acids is 1. The number of nitrogens with zero attached hydrogens (tertiary/aromatic N) is 1. The van der Waals surface area contributed by atoms with Crippen LogP contribution in [0.15, 0.2) is 40.9 Å². The molecule has 4 atom stereocenters. The van der Waals surface area contributed by atoms with Gasteiger partial charge in [0, 0.05) is 11.6 Å². The van der Waals surface area contributed by atoms with Crippen LogP contribution in [-0.4, -0.2) is 27.3 Å². The van der Waals surface area contributed by atoms with E-state index in [1.165, 1.54) is 12.0 Å². The maximum Gasteiger partial charge on any atom is 0.290 e. The molecule has 5 nitrogen and oxygen atoms in total. The smallest absolute Gasteiger partial charge is 0.290 e. The molecular formula is C22H26N2O3. The molecule has 4 saturated carbocycles. The second kappa shape index (κ2) is 6.20. The van der Waals surface area contributed by atoms with Gasteiger partial charge >= 0.3 is 0 Å². The van der Waals surface area contributed by atoms with Gasteiger partial charge in [0.05, 0.1) is 11.3 Å². The molecule has 2 unspecified atom stereocenters. The average Bonchev–Trinajstić information content (AvgIpc) is 3.07. The van der Waals surface area contributed by atoms with Crippen molar-refractivity contribution in [2.24, 2.45) is 11.8 Å². The highest BCUT2D eigenvalue weighted by molar-refractivity contribution is 5.92. The number of hydrogen-bond acceptors (Lipinski definition) is 4. The van der Waals surface area contributed by atoms with Gasteiger partial charge in [0.1, 0.15) is 0 Å². The Labute approximate surface area is 159 Å². The van der Waals surface area contributed by atoms with Crippen LogP contribution in [0.1, 0.15) is 60.3 Å². The van der Waals surface area contributed by atoms with Gasteiger partial charge in [-0.2, -0.15) is 0 Å². The predicted octanol–water partition coefficient (Wildman–Crippen LogP) is 3.27. The van der Waals surface area contributed by atoms with Crippen molar-refractivity contribution in [3.63, 3.8) is 0 Å². The minimum atomic E-state index is -0.584. The predicted molar refractivity (Wildman–Crippen MR) is 100 cm³/mol. The Morgan fingerprint density at radius 3 is 2.59 bits per heavy atom. The van der Waals surface area contributed by atoms with Crippen molar-refractivity contribution in [3.8, 4) is 0 Å². The molecular weight excluding hydrogens is 340 g/mol. The molecule has 2 N–H and O–H groups in total. The topological polar surface area (TPSA) is 75.4 Å². The normalized spacial score (nSPS) is 34.0. The number of amides is 1. The molecule has 2 aromatic rings. The first kappa shape index (κ1) is 17.0. The van der Waals surface area contributed by atoms with E-state index in [1.54, 1.807) is 6.07 Å². The van der Waals surface area contributed by atoms with Crippen molar-refractivity contribution >= 4 is 5.91 Å². The van der Waals surface area contributed by atoms with Crippen LogP contribution in [-0.2, 0) is 12.8 Å². The second-order valence-corrected chi connectivity index (χ2v) is 9.09. The van der Waals surface area contributed by atoms with E-state index in [0.717, 1.165) is 44.2 Å². The third-order valence-corrected chi connectivity index (χ3v) is 6.70. The number of aryl methyl sites for hydroxylation is 2. The molecule has 6 rings (SSSR count). The zero-order chi connectivity index (χ0) is 18.5. The number of benzene rings is 1. The number of aromatic nitrogens is 1. The standard InChI is InChI=1S/C22H26N2O3/c25-20(19-9-18(24-27-19)7-6-15-4-2-1-3-5-15)23-21-10-16-8-17(11-21)13-22(26,12-16)14-21/h1-5,9,16-17,26H,6-8,10-14H2,(H,23,25)/t16-,17+,21?,22?. The summed E-state index contributed by atoms with van der Waals surface area (Å²) in [5, 5.41) is 18.1. The van der Waals surface area contributed by atoms with E-state index < -0.39 is 5.60 Å². The second-order valence-electron chi connectivity index (χ2n) is 9.09. The lowest BCUT2D eigenvalue weighted by molar-refractivity contribution is -0.139. The SMILES string of the molecule is O=C(NC12C[C@@H]3C[C@@H](CC(O)(C3)C1)C2)c1cc(CCc2ccccc2)no1. The molecule has 4 aliphatic rings. The molecule has 142 valence electrons. The average molecular weight is 366 g/mol. The summed E-state index contributed by atoms with van der Waals surface area (Å²) in [4.78, 5) is 12.8. The van der Waals surface area contributed by atoms with Crippen molar-refractivity contribution in [3.05, 3.63) is 53.4 Å². The molecule has 1 aromatic heterocycles. The summed E-state index contributed by atoms with van der Waals surface area (Å²) in [6.07, 6.45) is 7.24. The minimum absolute atomic E-state index is 0.195. The van der Waals surface area contributed by atoms with Crippen LogP contribution in [0.25, 0.3) is 0 Å². The van der Waals surface area contributed by atoms with Crippen LogP contribution >= 0.6 is 0 Å². The summed E-state index contributed by atoms with van der Waals surface area (Å²) in [6.45, 7) is 0. The Balaban J connectivity index is 1.25. The zero-order valence-corrected chi connectivity index (χ0v) is 15.5. The van der Waals surface area contributed by atoms with E-state index in [4.69, 9.17) is 4.52 Å². The first-order chi connectivity index (χ1) is 13.0. The van der Waals surface area contributed by atoms with Gasteiger partial charge < -0.3 is 14.9 Å². The van der Waals surface area contributed by atoms with Crippen molar-refractivity contribution in [1.82, 2.24) is 10.5 Å². The fraction of sp³-hybridized carbons (Fsp3) is 0.545. The largest absolute Gasteiger partial charge is 0.390 e. The van der Waals surface area contributed by atoms with E-state index >= 15 is 0 Å². The summed E-state index contributed by atoms with van der Waals surface area (Å²) >= 11 is 0. The van der Waals surface area contributed by atoms with Crippen LogP contribution in [0.4, 0.5) is 0 Å². The molecule has 1 amide bonds. The maximum atomic E-state index is 12.8. The van der Waals surface area contributed by atoms with Crippen LogP contribution in [0, 0.1) is 11.8 Å². The number of nitrogens with one attached hydrogen (secondary N) is 1. The van der Waals surface area contributed by atoms with Crippen molar-refractivity contribution in [2.75, 3.05) is 0 Å². The van der Waals surface area contributed by atoms with Gasteiger partial charge in [-0.1, -0.05) is 35.5 Å². The molecule has 5 heteroatoms. The minimum Gasteiger partial charge on any atom is -0.390 e. The monoisotopic (exact) mass is 366 g/mol. The van der Waals surface area contributed by atoms with E-state index in [9.17, 15) is 9.90 Å². The van der Waals surface area contributed by atoms with Gasteiger partial charge in [-0.25, -0.2) is 0 Å². The summed E-state index contributed by atoms with van der Waals surface area (Å²) in [7, 11) is 0. The number of carbonyl (C=O) groups is 1. The van der Waals surface area contributed by atoms with Crippen molar-refractivity contribution in [1.29, 1.82) is 0 Å². The maximum absolute atomic E-state index is 12.8. The van der Waals surface area contributed by atoms with Crippen LogP contribution in [0.3, 0.4) is 0 Å². The molecule has 1 aromatic carbocycles. The lowest BCUT2D eigenvalue weighted by Crippen LogP contribution is -2.65. The van der Waals surface area contributed by atoms with Crippen molar-refractivity contribution in [2.45, 2.75) is 62.5 Å². The van der Waals surface area contributed by atoms with E-state index in [1.807, 2.05) is 18.2 Å². The summed E-state index contributed by atoms with van der Waals surface area (Å²) in [5.41, 5.74) is 1.19. The molecule has 0 radical (unpaired) electrons. The quantitative estimate of drug-likeness (QED) is 0.852. The Kier molecular flexibility index (Phi) is 3.90. The highest BCUT2D eigenvalue weighted by Crippen LogP contribution is 2.57. The number of rotatable bonds is 5. The lowest BCUT2D eigenvalue weighted by atomic mass is 9.51. The zero-order valence-electron chi connectivity index (χ0n) is 15.5. The molecule has 1 heterocycles. The molecule has 4 aliphatic carbocycles. The van der Waals surface area contributed by atoms with Gasteiger partial charge in [0.15, 0.2) is 0 Å². The van der Waals surface area contributed by atoms with Gasteiger partial charge in [-0.05, 0) is 68.8 Å². The summed E-state index contributed by atoms with van der Waals surface area (Å²) in [5.74, 6) is 1.15. The fourth-order valence-corrected chi connectivity index (χ4v) is 6.12. The lowest BCUT2D eigenvalue weighted by Gasteiger charge is -2.60. The number of hydrogen-bond donors (Lipinski definition) is 2. The van der Waals surface area contributed by atoms with E-state index in [-0.39, 0.29) is 17.2 Å². The molecule has 0 aliphatic heterocycles. The van der Waals surface area contributed by atoms with Gasteiger partial charge in [0.25, 0.3) is 5.91 Å². The van der Waals surface area contributed by atoms with Crippen LogP contribution in [0.2, 0.25) is 0 Å². The van der Waals surface area contributed by atoms with Gasteiger partial charge in [-0.15, -0.1) is 0 Å². The molecule has 27 heavy (non-hydrogen) atoms. The fourth-order valence-electron chi connectivity index (χ4n) is 6.12. The third kappa shape index (κ3) is 3.29. The van der Waals surface area contributed by atoms with E-state index in [2.05, 4.69) is 22.6 Å². The Morgan fingerprint density at radius 2 is 1.89 bits per heavy atom. The summed E-state index contributed by atoms with van der Waals surface area (Å²) < 4.78 is 5.33. The first-order valence-electron chi connectivity index (χ1n) is 10.1. The molecule has 4 bridgehead atoms. The Bertz CT molecular complexity index is 830. The molecule has 0 spiro atoms. The Morgan fingerprint density at radius 1 is 1.15 bits per heavy atom. The van der Waals surface area contributed by atoms with Gasteiger partial charge in [0.2, 0.25) is 5.76 Å². The Hall–Kier alpha value is -2.14. The molecule has 4 fully saturated rings. The first-order valence-corrected chi connectivity index (χ1v) is 10.1. The highest BCUT2D eigenvalue weighted by atomic mass is 16.5. The van der Waals surface area contributed by atoms with Crippen molar-refractivity contribution < 1.29 is 14.4 Å². The third-order valence-electron chi connectivity index (χ3n) is 6.70.